The van der Waals surface area contributed by atoms with Gasteiger partial charge < -0.3 is 15.7 Å². The Morgan fingerprint density at radius 3 is 2.31 bits per heavy atom. The summed E-state index contributed by atoms with van der Waals surface area (Å²) in [7, 11) is 0. The van der Waals surface area contributed by atoms with Crippen LogP contribution in [0.1, 0.15) is 86.5 Å². The molecule has 5 nitrogen and oxygen atoms in total. The Kier molecular flexibility index (Phi) is 6.39. The molecule has 3 aliphatic carbocycles. The number of rotatable bonds is 5. The molecule has 1 unspecified atom stereocenters. The van der Waals surface area contributed by atoms with Gasteiger partial charge in [0.2, 0.25) is 11.8 Å². The lowest BCUT2D eigenvalue weighted by molar-refractivity contribution is -0.144. The molecule has 0 aromatic heterocycles. The highest BCUT2D eigenvalue weighted by atomic mass is 16.3. The molecule has 0 aliphatic heterocycles. The number of aliphatic hydroxyl groups is 1. The van der Waals surface area contributed by atoms with Crippen molar-refractivity contribution in [2.45, 2.75) is 105 Å². The highest BCUT2D eigenvalue weighted by Gasteiger charge is 2.54. The van der Waals surface area contributed by atoms with Gasteiger partial charge in [-0.25, -0.2) is 0 Å². The van der Waals surface area contributed by atoms with Crippen molar-refractivity contribution < 1.29 is 14.7 Å². The summed E-state index contributed by atoms with van der Waals surface area (Å²) in [5.74, 6) is 0.354. The maximum atomic E-state index is 12.6. The maximum absolute atomic E-state index is 12.6. The van der Waals surface area contributed by atoms with Gasteiger partial charge in [0.1, 0.15) is 0 Å². The number of hydrogen-bond acceptors (Lipinski definition) is 3. The normalized spacial score (nSPS) is 38.7. The zero-order valence-electron chi connectivity index (χ0n) is 19.3. The molecular formula is C24H42N2O3. The van der Waals surface area contributed by atoms with Crippen LogP contribution in [-0.4, -0.2) is 35.1 Å². The van der Waals surface area contributed by atoms with E-state index in [0.717, 1.165) is 38.5 Å². The number of carbonyl (C=O) groups excluding carboxylic acids is 2. The number of amides is 2. The quantitative estimate of drug-likeness (QED) is 0.652. The van der Waals surface area contributed by atoms with E-state index < -0.39 is 6.10 Å². The molecule has 0 bridgehead atoms. The Balaban J connectivity index is 1.68. The van der Waals surface area contributed by atoms with E-state index in [2.05, 4.69) is 45.3 Å². The second-order valence-electron chi connectivity index (χ2n) is 11.8. The highest BCUT2D eigenvalue weighted by Crippen LogP contribution is 2.55. The van der Waals surface area contributed by atoms with Gasteiger partial charge in [0.15, 0.2) is 0 Å². The molecule has 3 fully saturated rings. The molecule has 3 rings (SSSR count). The van der Waals surface area contributed by atoms with Gasteiger partial charge in [-0.1, -0.05) is 41.5 Å². The van der Waals surface area contributed by atoms with Crippen molar-refractivity contribution in [1.82, 2.24) is 10.6 Å². The largest absolute Gasteiger partial charge is 0.392 e. The Morgan fingerprint density at radius 2 is 1.72 bits per heavy atom. The molecule has 0 aromatic rings. The number of nitrogens with one attached hydrogen (secondary N) is 2. The Bertz CT molecular complexity index is 624. The summed E-state index contributed by atoms with van der Waals surface area (Å²) in [5, 5.41) is 17.8. The average Bonchev–Trinajstić information content (AvgIpc) is 3.39. The van der Waals surface area contributed by atoms with Gasteiger partial charge in [0.25, 0.3) is 0 Å². The lowest BCUT2D eigenvalue weighted by Gasteiger charge is -2.56. The second kappa shape index (κ2) is 8.20. The van der Waals surface area contributed by atoms with Crippen LogP contribution in [0.5, 0.6) is 0 Å². The third kappa shape index (κ3) is 5.15. The van der Waals surface area contributed by atoms with Gasteiger partial charge in [0.05, 0.1) is 6.10 Å². The molecule has 0 saturated heterocycles. The maximum Gasteiger partial charge on any atom is 0.223 e. The molecule has 0 heterocycles. The molecule has 3 N–H and O–H groups in total. The zero-order chi connectivity index (χ0) is 21.6. The minimum absolute atomic E-state index is 0.00157. The van der Waals surface area contributed by atoms with Crippen molar-refractivity contribution in [2.75, 3.05) is 0 Å². The smallest absolute Gasteiger partial charge is 0.223 e. The summed E-state index contributed by atoms with van der Waals surface area (Å²) in [4.78, 5) is 25.2. The monoisotopic (exact) mass is 406 g/mol. The van der Waals surface area contributed by atoms with Crippen molar-refractivity contribution in [1.29, 1.82) is 0 Å². The fourth-order valence-electron chi connectivity index (χ4n) is 5.99. The molecule has 7 atom stereocenters. The molecule has 0 aromatic carbocycles. The molecule has 0 radical (unpaired) electrons. The number of aliphatic hydroxyl groups excluding tert-OH is 1. The van der Waals surface area contributed by atoms with E-state index in [9.17, 15) is 14.7 Å². The fourth-order valence-corrected chi connectivity index (χ4v) is 5.99. The van der Waals surface area contributed by atoms with Crippen molar-refractivity contribution in [2.24, 2.45) is 34.5 Å². The molecule has 166 valence electrons. The Hall–Kier alpha value is -1.10. The first-order valence-electron chi connectivity index (χ1n) is 11.7. The van der Waals surface area contributed by atoms with Gasteiger partial charge in [-0.2, -0.15) is 0 Å². The van der Waals surface area contributed by atoms with Crippen molar-refractivity contribution >= 4 is 11.8 Å². The van der Waals surface area contributed by atoms with Gasteiger partial charge in [-0.3, -0.25) is 9.59 Å². The minimum atomic E-state index is -0.494. The first-order chi connectivity index (χ1) is 13.4. The fraction of sp³-hybridized carbons (Fsp3) is 0.917. The molecule has 5 heteroatoms. The van der Waals surface area contributed by atoms with Crippen LogP contribution in [0.2, 0.25) is 0 Å². The summed E-state index contributed by atoms with van der Waals surface area (Å²) >= 11 is 0. The van der Waals surface area contributed by atoms with Crippen molar-refractivity contribution in [3.8, 4) is 0 Å². The van der Waals surface area contributed by atoms with Crippen LogP contribution in [-0.2, 0) is 9.59 Å². The number of carbonyl (C=O) groups is 2. The van der Waals surface area contributed by atoms with E-state index in [1.807, 2.05) is 6.92 Å². The zero-order valence-corrected chi connectivity index (χ0v) is 19.3. The topological polar surface area (TPSA) is 78.4 Å². The third-order valence-corrected chi connectivity index (χ3v) is 7.90. The predicted molar refractivity (Wildman–Crippen MR) is 115 cm³/mol. The van der Waals surface area contributed by atoms with Gasteiger partial charge in [-0.15, -0.1) is 0 Å². The predicted octanol–water partition coefficient (Wildman–Crippen LogP) is 3.65. The highest BCUT2D eigenvalue weighted by molar-refractivity contribution is 5.79. The van der Waals surface area contributed by atoms with Gasteiger partial charge >= 0.3 is 0 Å². The van der Waals surface area contributed by atoms with Gasteiger partial charge in [-0.05, 0) is 67.1 Å². The second-order valence-corrected chi connectivity index (χ2v) is 11.8. The van der Waals surface area contributed by atoms with E-state index in [1.165, 1.54) is 0 Å². The van der Waals surface area contributed by atoms with E-state index in [4.69, 9.17) is 0 Å². The molecule has 0 spiro atoms. The molecule has 2 amide bonds. The summed E-state index contributed by atoms with van der Waals surface area (Å²) in [6.07, 6.45) is 6.13. The van der Waals surface area contributed by atoms with E-state index >= 15 is 0 Å². The van der Waals surface area contributed by atoms with Gasteiger partial charge in [0, 0.05) is 24.4 Å². The summed E-state index contributed by atoms with van der Waals surface area (Å²) in [6, 6.07) is 0.457. The van der Waals surface area contributed by atoms with E-state index in [-0.39, 0.29) is 52.4 Å². The van der Waals surface area contributed by atoms with Crippen LogP contribution in [0.25, 0.3) is 0 Å². The van der Waals surface area contributed by atoms with E-state index in [1.54, 1.807) is 0 Å². The van der Waals surface area contributed by atoms with Crippen molar-refractivity contribution in [3.05, 3.63) is 0 Å². The summed E-state index contributed by atoms with van der Waals surface area (Å²) in [5.41, 5.74) is 0.0591. The lowest BCUT2D eigenvalue weighted by atomic mass is 9.51. The summed E-state index contributed by atoms with van der Waals surface area (Å²) in [6.45, 7) is 12.7. The SMILES string of the molecule is C[C@H]1[C@@H]2[C@@H](O)C([C@H](C)C(=O)NC3CC3)CC[C@@]2(C)CC[C@@H]1NC(=O)CC(C)(C)C. The Morgan fingerprint density at radius 1 is 1.10 bits per heavy atom. The van der Waals surface area contributed by atoms with Crippen LogP contribution in [0.4, 0.5) is 0 Å². The summed E-state index contributed by atoms with van der Waals surface area (Å²) < 4.78 is 0. The number of hydrogen-bond donors (Lipinski definition) is 3. The Labute approximate surface area is 176 Å². The first kappa shape index (κ1) is 22.6. The van der Waals surface area contributed by atoms with Crippen LogP contribution < -0.4 is 10.6 Å². The third-order valence-electron chi connectivity index (χ3n) is 7.90. The average molecular weight is 407 g/mol. The standard InChI is InChI=1S/C24H42N2O3/c1-14(22(29)25-16-7-8-16)17-9-11-24(6)12-10-18(15(2)20(24)21(17)28)26-19(27)13-23(3,4)5/h14-18,20-21,28H,7-13H2,1-6H3,(H,25,29)(H,26,27)/t14-,15+,17?,18-,20+,21-,24-/m0/s1. The van der Waals surface area contributed by atoms with Crippen LogP contribution >= 0.6 is 0 Å². The van der Waals surface area contributed by atoms with Crippen molar-refractivity contribution in [3.63, 3.8) is 0 Å². The van der Waals surface area contributed by atoms with Crippen LogP contribution in [0.3, 0.4) is 0 Å². The number of fused-ring (bicyclic) bond motifs is 1. The lowest BCUT2D eigenvalue weighted by Crippen LogP contribution is -2.58. The molecule has 29 heavy (non-hydrogen) atoms. The van der Waals surface area contributed by atoms with E-state index in [0.29, 0.717) is 12.5 Å². The molecular weight excluding hydrogens is 364 g/mol. The van der Waals surface area contributed by atoms with Crippen LogP contribution in [0, 0.1) is 34.5 Å². The van der Waals surface area contributed by atoms with Crippen LogP contribution in [0.15, 0.2) is 0 Å². The first-order valence-corrected chi connectivity index (χ1v) is 11.7. The molecule has 3 saturated carbocycles. The molecule has 3 aliphatic rings. The minimum Gasteiger partial charge on any atom is -0.392 e.